The van der Waals surface area contributed by atoms with Crippen molar-refractivity contribution >= 4 is 28.4 Å². The number of nitrogens with one attached hydrogen (secondary N) is 1. The molecule has 1 N–H and O–H groups in total. The van der Waals surface area contributed by atoms with Gasteiger partial charge < -0.3 is 24.6 Å². The summed E-state index contributed by atoms with van der Waals surface area (Å²) >= 11 is 0. The van der Waals surface area contributed by atoms with Crippen molar-refractivity contribution in [1.82, 2.24) is 14.9 Å². The second kappa shape index (κ2) is 10.6. The minimum Gasteiger partial charge on any atom is -0.378 e. The summed E-state index contributed by atoms with van der Waals surface area (Å²) in [4.78, 5) is 27.2. The van der Waals surface area contributed by atoms with Gasteiger partial charge in [0.2, 0.25) is 0 Å². The second-order valence-electron chi connectivity index (χ2n) is 9.09. The molecule has 0 saturated carbocycles. The molecule has 3 heterocycles. The highest BCUT2D eigenvalue weighted by atomic mass is 16.5. The van der Waals surface area contributed by atoms with Crippen molar-refractivity contribution in [2.24, 2.45) is 0 Å². The molecule has 1 aromatic heterocycles. The van der Waals surface area contributed by atoms with E-state index in [0.717, 1.165) is 47.6 Å². The number of ether oxygens (including phenoxy) is 2. The summed E-state index contributed by atoms with van der Waals surface area (Å²) in [6, 6.07) is 12.2. The molecule has 2 aliphatic rings. The molecule has 3 aromatic rings. The molecule has 0 radical (unpaired) electrons. The molecule has 2 fully saturated rings. The SMILES string of the molecule is CCc1cccc(NC(C)c2cc(C(=O)N3CCOCC3)cc3ncc(N4CCOCC4)nc23)c1. The molecule has 0 aliphatic carbocycles. The lowest BCUT2D eigenvalue weighted by Crippen LogP contribution is -2.40. The van der Waals surface area contributed by atoms with E-state index in [2.05, 4.69) is 48.3 Å². The van der Waals surface area contributed by atoms with E-state index in [1.165, 1.54) is 5.56 Å². The number of aromatic nitrogens is 2. The van der Waals surface area contributed by atoms with E-state index < -0.39 is 0 Å². The first kappa shape index (κ1) is 23.5. The number of aryl methyl sites for hydroxylation is 1. The Labute approximate surface area is 206 Å². The molecule has 5 rings (SSSR count). The summed E-state index contributed by atoms with van der Waals surface area (Å²) in [5.41, 5.74) is 5.47. The largest absolute Gasteiger partial charge is 0.378 e. The number of hydrogen-bond acceptors (Lipinski definition) is 7. The summed E-state index contributed by atoms with van der Waals surface area (Å²) < 4.78 is 10.9. The summed E-state index contributed by atoms with van der Waals surface area (Å²) in [5, 5.41) is 3.62. The van der Waals surface area contributed by atoms with Crippen LogP contribution in [0.15, 0.2) is 42.6 Å². The van der Waals surface area contributed by atoms with Crippen LogP contribution in [-0.4, -0.2) is 73.4 Å². The minimum absolute atomic E-state index is 0.00989. The van der Waals surface area contributed by atoms with E-state index in [-0.39, 0.29) is 11.9 Å². The maximum Gasteiger partial charge on any atom is 0.254 e. The summed E-state index contributed by atoms with van der Waals surface area (Å²) in [7, 11) is 0. The van der Waals surface area contributed by atoms with Crippen LogP contribution in [0.5, 0.6) is 0 Å². The molecule has 2 aromatic carbocycles. The Morgan fingerprint density at radius 3 is 2.54 bits per heavy atom. The van der Waals surface area contributed by atoms with E-state index in [0.29, 0.717) is 45.1 Å². The van der Waals surface area contributed by atoms with E-state index in [1.807, 2.05) is 23.2 Å². The zero-order valence-corrected chi connectivity index (χ0v) is 20.5. The van der Waals surface area contributed by atoms with Gasteiger partial charge in [-0.15, -0.1) is 0 Å². The van der Waals surface area contributed by atoms with Crippen LogP contribution in [0.1, 0.15) is 41.4 Å². The molecule has 8 nitrogen and oxygen atoms in total. The number of morpholine rings is 2. The van der Waals surface area contributed by atoms with Gasteiger partial charge in [0.25, 0.3) is 5.91 Å². The third-order valence-electron chi connectivity index (χ3n) is 6.73. The average Bonchev–Trinajstić information content (AvgIpc) is 2.92. The smallest absolute Gasteiger partial charge is 0.254 e. The average molecular weight is 476 g/mol. The molecule has 0 spiro atoms. The molecule has 35 heavy (non-hydrogen) atoms. The molecular formula is C27H33N5O3. The van der Waals surface area contributed by atoms with E-state index in [1.54, 1.807) is 0 Å². The third kappa shape index (κ3) is 5.23. The fourth-order valence-electron chi connectivity index (χ4n) is 4.69. The number of carbonyl (C=O) groups is 1. The summed E-state index contributed by atoms with van der Waals surface area (Å²) in [6.07, 6.45) is 2.79. The summed E-state index contributed by atoms with van der Waals surface area (Å²) in [5.74, 6) is 0.852. The Hall–Kier alpha value is -3.23. The van der Waals surface area contributed by atoms with Crippen LogP contribution in [0, 0.1) is 0 Å². The highest BCUT2D eigenvalue weighted by molar-refractivity contribution is 5.98. The van der Waals surface area contributed by atoms with Crippen molar-refractivity contribution in [2.75, 3.05) is 62.8 Å². The van der Waals surface area contributed by atoms with E-state index >= 15 is 0 Å². The van der Waals surface area contributed by atoms with Gasteiger partial charge in [-0.1, -0.05) is 19.1 Å². The topological polar surface area (TPSA) is 79.8 Å². The van der Waals surface area contributed by atoms with Crippen LogP contribution in [0.25, 0.3) is 11.0 Å². The van der Waals surface area contributed by atoms with Gasteiger partial charge in [0, 0.05) is 43.0 Å². The molecule has 1 amide bonds. The van der Waals surface area contributed by atoms with Crippen LogP contribution in [0.4, 0.5) is 11.5 Å². The van der Waals surface area contributed by atoms with Crippen molar-refractivity contribution in [3.8, 4) is 0 Å². The van der Waals surface area contributed by atoms with Crippen molar-refractivity contribution in [3.05, 3.63) is 59.3 Å². The van der Waals surface area contributed by atoms with Gasteiger partial charge >= 0.3 is 0 Å². The fraction of sp³-hybridized carbons (Fsp3) is 0.444. The number of rotatable bonds is 6. The molecule has 8 heteroatoms. The molecule has 1 unspecified atom stereocenters. The maximum absolute atomic E-state index is 13.4. The summed E-state index contributed by atoms with van der Waals surface area (Å²) in [6.45, 7) is 9.56. The lowest BCUT2D eigenvalue weighted by molar-refractivity contribution is 0.0303. The van der Waals surface area contributed by atoms with Crippen LogP contribution in [0.2, 0.25) is 0 Å². The number of hydrogen-bond donors (Lipinski definition) is 1. The van der Waals surface area contributed by atoms with Crippen molar-refractivity contribution in [2.45, 2.75) is 26.3 Å². The van der Waals surface area contributed by atoms with Crippen molar-refractivity contribution in [3.63, 3.8) is 0 Å². The molecule has 2 aliphatic heterocycles. The Bertz CT molecular complexity index is 1190. The monoisotopic (exact) mass is 475 g/mol. The quantitative estimate of drug-likeness (QED) is 0.583. The third-order valence-corrected chi connectivity index (χ3v) is 6.73. The van der Waals surface area contributed by atoms with Gasteiger partial charge in [-0.05, 0) is 43.2 Å². The number of amides is 1. The van der Waals surface area contributed by atoms with Gasteiger partial charge in [0.1, 0.15) is 5.82 Å². The first-order chi connectivity index (χ1) is 17.1. The van der Waals surface area contributed by atoms with Gasteiger partial charge in [-0.3, -0.25) is 9.78 Å². The predicted octanol–water partition coefficient (Wildman–Crippen LogP) is 3.67. The van der Waals surface area contributed by atoms with Crippen molar-refractivity contribution < 1.29 is 14.3 Å². The number of anilines is 2. The maximum atomic E-state index is 13.4. The van der Waals surface area contributed by atoms with Crippen molar-refractivity contribution in [1.29, 1.82) is 0 Å². The minimum atomic E-state index is -0.0729. The first-order valence-electron chi connectivity index (χ1n) is 12.5. The lowest BCUT2D eigenvalue weighted by Gasteiger charge is -2.29. The van der Waals surface area contributed by atoms with Gasteiger partial charge in [-0.2, -0.15) is 0 Å². The fourth-order valence-corrected chi connectivity index (χ4v) is 4.69. The van der Waals surface area contributed by atoms with Gasteiger partial charge in [0.15, 0.2) is 0 Å². The van der Waals surface area contributed by atoms with Crippen LogP contribution in [0.3, 0.4) is 0 Å². The Kier molecular flexibility index (Phi) is 7.11. The molecule has 184 valence electrons. The Morgan fingerprint density at radius 1 is 1.06 bits per heavy atom. The molecule has 2 saturated heterocycles. The molecule has 0 bridgehead atoms. The van der Waals surface area contributed by atoms with Crippen LogP contribution < -0.4 is 10.2 Å². The van der Waals surface area contributed by atoms with Gasteiger partial charge in [0.05, 0.1) is 49.7 Å². The second-order valence-corrected chi connectivity index (χ2v) is 9.09. The molecule has 1 atom stereocenters. The zero-order valence-electron chi connectivity index (χ0n) is 20.5. The zero-order chi connectivity index (χ0) is 24.2. The van der Waals surface area contributed by atoms with E-state index in [4.69, 9.17) is 19.4 Å². The van der Waals surface area contributed by atoms with E-state index in [9.17, 15) is 4.79 Å². The lowest BCUT2D eigenvalue weighted by atomic mass is 10.0. The predicted molar refractivity (Wildman–Crippen MR) is 137 cm³/mol. The standard InChI is InChI=1S/C27H33N5O3/c1-3-20-5-4-6-22(15-20)29-19(2)23-16-21(27(33)32-9-13-35-14-10-32)17-24-26(23)30-25(18-28-24)31-7-11-34-12-8-31/h4-6,15-19,29H,3,7-14H2,1-2H3. The highest BCUT2D eigenvalue weighted by Gasteiger charge is 2.23. The number of carbonyl (C=O) groups excluding carboxylic acids is 1. The number of benzene rings is 2. The normalized spacial score (nSPS) is 17.4. The Balaban J connectivity index is 1.54. The first-order valence-corrected chi connectivity index (χ1v) is 12.5. The number of nitrogens with zero attached hydrogens (tertiary/aromatic N) is 4. The van der Waals surface area contributed by atoms with Crippen LogP contribution in [-0.2, 0) is 15.9 Å². The van der Waals surface area contributed by atoms with Crippen LogP contribution >= 0.6 is 0 Å². The molecular weight excluding hydrogens is 442 g/mol. The highest BCUT2D eigenvalue weighted by Crippen LogP contribution is 2.29. The van der Waals surface area contributed by atoms with Gasteiger partial charge in [-0.25, -0.2) is 4.98 Å². The Morgan fingerprint density at radius 2 is 1.80 bits per heavy atom. The number of fused-ring (bicyclic) bond motifs is 1.